The van der Waals surface area contributed by atoms with Gasteiger partial charge in [-0.25, -0.2) is 0 Å². The monoisotopic (exact) mass is 208 g/mol. The Bertz CT molecular complexity index is 227. The second-order valence-electron chi connectivity index (χ2n) is 2.97. The van der Waals surface area contributed by atoms with E-state index in [4.69, 9.17) is 9.47 Å². The molecule has 0 radical (unpaired) electrons. The van der Waals surface area contributed by atoms with Crippen LogP contribution < -0.4 is 0 Å². The molecular weight excluding hydrogens is 188 g/mol. The molecule has 0 aliphatic carbocycles. The van der Waals surface area contributed by atoms with Gasteiger partial charge >= 0.3 is 0 Å². The van der Waals surface area contributed by atoms with Crippen LogP contribution in [0.4, 0.5) is 0 Å². The largest absolute Gasteiger partial charge is 0.385 e. The third-order valence-electron chi connectivity index (χ3n) is 1.68. The topological polar surface area (TPSA) is 18.5 Å². The number of hydrogen-bond donors (Lipinski definition) is 0. The highest BCUT2D eigenvalue weighted by Gasteiger charge is 1.92. The maximum Gasteiger partial charge on any atom is 0.0716 e. The van der Waals surface area contributed by atoms with Gasteiger partial charge in [0.05, 0.1) is 6.61 Å². The van der Waals surface area contributed by atoms with Gasteiger partial charge in [0.2, 0.25) is 0 Å². The van der Waals surface area contributed by atoms with Crippen molar-refractivity contribution in [2.24, 2.45) is 0 Å². The summed E-state index contributed by atoms with van der Waals surface area (Å²) >= 11 is 0. The lowest BCUT2D eigenvalue weighted by molar-refractivity contribution is 0.118. The Labute approximate surface area is 92.6 Å². The van der Waals surface area contributed by atoms with Crippen molar-refractivity contribution in [2.45, 2.75) is 6.42 Å². The van der Waals surface area contributed by atoms with Gasteiger partial charge in [-0.05, 0) is 12.0 Å². The predicted octanol–water partition coefficient (Wildman–Crippen LogP) is 2.89. The summed E-state index contributed by atoms with van der Waals surface area (Å²) in [4.78, 5) is 0. The summed E-state index contributed by atoms with van der Waals surface area (Å²) in [6.07, 6.45) is 10.2. The normalized spacial score (nSPS) is 11.9. The molecule has 15 heavy (non-hydrogen) atoms. The molecule has 0 unspecified atom stereocenters. The van der Waals surface area contributed by atoms with Gasteiger partial charge in [0.15, 0.2) is 0 Å². The molecule has 0 saturated heterocycles. The van der Waals surface area contributed by atoms with Gasteiger partial charge in [-0.2, -0.15) is 0 Å². The van der Waals surface area contributed by atoms with E-state index in [1.54, 1.807) is 19.3 Å². The molecular formula is C13H20O2. The number of ether oxygens (including phenoxy) is 2. The van der Waals surface area contributed by atoms with Crippen LogP contribution in [0.3, 0.4) is 0 Å². The highest BCUT2D eigenvalue weighted by Crippen LogP contribution is 1.99. The Kier molecular flexibility index (Phi) is 10.1. The molecule has 0 fully saturated rings. The second kappa shape index (κ2) is 11.0. The van der Waals surface area contributed by atoms with Gasteiger partial charge in [-0.1, -0.05) is 43.5 Å². The minimum Gasteiger partial charge on any atom is -0.385 e. The second-order valence-corrected chi connectivity index (χ2v) is 2.97. The molecule has 0 aromatic rings. The molecule has 0 N–H and O–H groups in total. The number of hydrogen-bond acceptors (Lipinski definition) is 2. The van der Waals surface area contributed by atoms with Crippen LogP contribution in [-0.4, -0.2) is 26.9 Å². The molecule has 0 heterocycles. The van der Waals surface area contributed by atoms with Gasteiger partial charge in [-0.15, -0.1) is 0 Å². The van der Waals surface area contributed by atoms with Gasteiger partial charge in [0, 0.05) is 20.3 Å². The van der Waals surface area contributed by atoms with Crippen LogP contribution in [0.2, 0.25) is 0 Å². The molecule has 2 nitrogen and oxygen atoms in total. The summed E-state index contributed by atoms with van der Waals surface area (Å²) in [6, 6.07) is 0. The third kappa shape index (κ3) is 9.19. The molecule has 0 bridgehead atoms. The van der Waals surface area contributed by atoms with Crippen LogP contribution in [0.1, 0.15) is 6.42 Å². The molecule has 0 spiro atoms. The average Bonchev–Trinajstić information content (AvgIpc) is 2.25. The lowest BCUT2D eigenvalue weighted by Gasteiger charge is -2.04. The number of allylic oxidation sites excluding steroid dienone is 4. The van der Waals surface area contributed by atoms with Crippen LogP contribution in [0.5, 0.6) is 0 Å². The lowest BCUT2D eigenvalue weighted by Crippen LogP contribution is -2.01. The molecule has 84 valence electrons. The molecule has 0 aromatic heterocycles. The molecule has 0 amide bonds. The lowest BCUT2D eigenvalue weighted by atomic mass is 10.2. The van der Waals surface area contributed by atoms with Crippen molar-refractivity contribution in [2.75, 3.05) is 26.9 Å². The zero-order valence-electron chi connectivity index (χ0n) is 9.45. The smallest absolute Gasteiger partial charge is 0.0716 e. The predicted molar refractivity (Wildman–Crippen MR) is 64.9 cm³/mol. The highest BCUT2D eigenvalue weighted by molar-refractivity contribution is 5.25. The quantitative estimate of drug-likeness (QED) is 0.428. The summed E-state index contributed by atoms with van der Waals surface area (Å²) in [5.41, 5.74) is 1.09. The first-order chi connectivity index (χ1) is 7.35. The average molecular weight is 208 g/mol. The summed E-state index contributed by atoms with van der Waals surface area (Å²) in [5, 5.41) is 0. The first-order valence-electron chi connectivity index (χ1n) is 5.02. The Balaban J connectivity index is 3.77. The Hall–Kier alpha value is -1.12. The molecule has 0 saturated carbocycles. The van der Waals surface area contributed by atoms with Crippen molar-refractivity contribution >= 4 is 0 Å². The SMILES string of the molecule is C=C/C=C\C(=C/C=C)COCCCOC. The third-order valence-corrected chi connectivity index (χ3v) is 1.68. The molecule has 0 rings (SSSR count). The van der Waals surface area contributed by atoms with E-state index in [2.05, 4.69) is 13.2 Å². The van der Waals surface area contributed by atoms with Gasteiger partial charge in [0.25, 0.3) is 0 Å². The van der Waals surface area contributed by atoms with Crippen LogP contribution in [0.15, 0.2) is 49.1 Å². The van der Waals surface area contributed by atoms with E-state index in [0.717, 1.165) is 18.6 Å². The molecule has 0 aliphatic heterocycles. The molecule has 0 aliphatic rings. The van der Waals surface area contributed by atoms with Crippen LogP contribution >= 0.6 is 0 Å². The Morgan fingerprint density at radius 2 is 2.00 bits per heavy atom. The van der Waals surface area contributed by atoms with E-state index in [0.29, 0.717) is 13.2 Å². The minimum absolute atomic E-state index is 0.597. The summed E-state index contributed by atoms with van der Waals surface area (Å²) in [7, 11) is 1.69. The van der Waals surface area contributed by atoms with E-state index in [-0.39, 0.29) is 0 Å². The maximum absolute atomic E-state index is 5.47. The van der Waals surface area contributed by atoms with Crippen molar-refractivity contribution in [1.82, 2.24) is 0 Å². The standard InChI is InChI=1S/C13H20O2/c1-4-6-9-13(8-5-2)12-15-11-7-10-14-3/h4-6,8-9H,1-2,7,10-12H2,3H3/b9-6-,13-8+. The fraction of sp³-hybridized carbons (Fsp3) is 0.385. The summed E-state index contributed by atoms with van der Waals surface area (Å²) in [5.74, 6) is 0. The fourth-order valence-electron chi connectivity index (χ4n) is 0.990. The van der Waals surface area contributed by atoms with E-state index in [9.17, 15) is 0 Å². The Morgan fingerprint density at radius 3 is 2.60 bits per heavy atom. The van der Waals surface area contributed by atoms with Crippen molar-refractivity contribution in [3.05, 3.63) is 49.1 Å². The van der Waals surface area contributed by atoms with Gasteiger partial charge in [-0.3, -0.25) is 0 Å². The number of rotatable bonds is 9. The number of methoxy groups -OCH3 is 1. The van der Waals surface area contributed by atoms with E-state index in [1.807, 2.05) is 18.2 Å². The van der Waals surface area contributed by atoms with Crippen molar-refractivity contribution in [1.29, 1.82) is 0 Å². The fourth-order valence-corrected chi connectivity index (χ4v) is 0.990. The van der Waals surface area contributed by atoms with E-state index < -0.39 is 0 Å². The summed E-state index contributed by atoms with van der Waals surface area (Å²) in [6.45, 7) is 9.32. The van der Waals surface area contributed by atoms with Crippen molar-refractivity contribution in [3.8, 4) is 0 Å². The zero-order valence-corrected chi connectivity index (χ0v) is 9.45. The highest BCUT2D eigenvalue weighted by atomic mass is 16.5. The molecule has 2 heteroatoms. The first-order valence-corrected chi connectivity index (χ1v) is 5.02. The maximum atomic E-state index is 5.47. The van der Waals surface area contributed by atoms with Gasteiger partial charge in [0.1, 0.15) is 0 Å². The van der Waals surface area contributed by atoms with Crippen molar-refractivity contribution < 1.29 is 9.47 Å². The minimum atomic E-state index is 0.597. The van der Waals surface area contributed by atoms with E-state index >= 15 is 0 Å². The van der Waals surface area contributed by atoms with E-state index in [1.165, 1.54) is 0 Å². The van der Waals surface area contributed by atoms with Crippen molar-refractivity contribution in [3.63, 3.8) is 0 Å². The summed E-state index contributed by atoms with van der Waals surface area (Å²) < 4.78 is 10.4. The zero-order chi connectivity index (χ0) is 11.4. The first kappa shape index (κ1) is 13.9. The van der Waals surface area contributed by atoms with Gasteiger partial charge < -0.3 is 9.47 Å². The van der Waals surface area contributed by atoms with Crippen LogP contribution in [-0.2, 0) is 9.47 Å². The van der Waals surface area contributed by atoms with Crippen LogP contribution in [0, 0.1) is 0 Å². The molecule has 0 aromatic carbocycles. The Morgan fingerprint density at radius 1 is 1.20 bits per heavy atom. The van der Waals surface area contributed by atoms with Crippen LogP contribution in [0.25, 0.3) is 0 Å². The molecule has 0 atom stereocenters.